The molecular formula is C13H17ClN2O3. The number of carbonyl (C=O) groups is 1. The van der Waals surface area contributed by atoms with Gasteiger partial charge in [0.2, 0.25) is 5.91 Å². The Hall–Kier alpha value is -1.62. The minimum atomic E-state index is -0.657. The molecule has 1 N–H and O–H groups in total. The first-order chi connectivity index (χ1) is 8.79. The molecule has 0 aromatic heterocycles. The fourth-order valence-electron chi connectivity index (χ4n) is 1.53. The fraction of sp³-hybridized carbons (Fsp3) is 0.462. The molecule has 0 saturated carbocycles. The van der Waals surface area contributed by atoms with E-state index in [1.165, 1.54) is 6.07 Å². The van der Waals surface area contributed by atoms with Crippen LogP contribution < -0.4 is 5.32 Å². The quantitative estimate of drug-likeness (QED) is 0.513. The third-order valence-corrected chi connectivity index (χ3v) is 3.67. The molecule has 0 atom stereocenters. The van der Waals surface area contributed by atoms with E-state index < -0.39 is 10.3 Å². The summed E-state index contributed by atoms with van der Waals surface area (Å²) in [7, 11) is 0. The van der Waals surface area contributed by atoms with Gasteiger partial charge in [-0.05, 0) is 26.3 Å². The average molecular weight is 285 g/mol. The highest BCUT2D eigenvalue weighted by molar-refractivity contribution is 6.19. The number of carbonyl (C=O) groups excluding carboxylic acids is 1. The van der Waals surface area contributed by atoms with Gasteiger partial charge in [-0.3, -0.25) is 14.9 Å². The van der Waals surface area contributed by atoms with Gasteiger partial charge < -0.3 is 5.32 Å². The first kappa shape index (κ1) is 15.4. The van der Waals surface area contributed by atoms with E-state index in [9.17, 15) is 14.9 Å². The zero-order valence-corrected chi connectivity index (χ0v) is 12.0. The molecule has 0 aliphatic rings. The minimum Gasteiger partial charge on any atom is -0.352 e. The Morgan fingerprint density at radius 1 is 1.47 bits per heavy atom. The highest BCUT2D eigenvalue weighted by Crippen LogP contribution is 2.22. The van der Waals surface area contributed by atoms with E-state index in [1.807, 2.05) is 0 Å². The molecule has 0 radical (unpaired) electrons. The summed E-state index contributed by atoms with van der Waals surface area (Å²) in [6, 6.07) is 4.82. The number of rotatable bonds is 5. The van der Waals surface area contributed by atoms with Crippen molar-refractivity contribution in [2.75, 3.05) is 5.88 Å². The number of nitrogens with zero attached hydrogens (tertiary/aromatic N) is 1. The number of alkyl halides is 1. The predicted molar refractivity (Wildman–Crippen MR) is 74.2 cm³/mol. The van der Waals surface area contributed by atoms with Crippen molar-refractivity contribution < 1.29 is 9.72 Å². The van der Waals surface area contributed by atoms with Gasteiger partial charge in [0.15, 0.2) is 0 Å². The van der Waals surface area contributed by atoms with E-state index in [0.717, 1.165) is 5.56 Å². The van der Waals surface area contributed by atoms with Crippen molar-refractivity contribution in [2.45, 2.75) is 27.3 Å². The maximum atomic E-state index is 11.9. The van der Waals surface area contributed by atoms with E-state index in [0.29, 0.717) is 5.56 Å². The molecule has 0 heterocycles. The molecule has 1 amide bonds. The van der Waals surface area contributed by atoms with Crippen molar-refractivity contribution in [1.29, 1.82) is 0 Å². The van der Waals surface area contributed by atoms with Crippen molar-refractivity contribution in [3.05, 3.63) is 39.4 Å². The first-order valence-electron chi connectivity index (χ1n) is 5.86. The topological polar surface area (TPSA) is 72.2 Å². The molecule has 19 heavy (non-hydrogen) atoms. The number of nitro benzene ring substituents is 1. The summed E-state index contributed by atoms with van der Waals surface area (Å²) in [5, 5.41) is 13.6. The minimum absolute atomic E-state index is 0.0587. The van der Waals surface area contributed by atoms with Crippen molar-refractivity contribution in [3.63, 3.8) is 0 Å². The van der Waals surface area contributed by atoms with Crippen molar-refractivity contribution in [3.8, 4) is 0 Å². The van der Waals surface area contributed by atoms with Crippen LogP contribution in [0.3, 0.4) is 0 Å². The Morgan fingerprint density at radius 3 is 2.63 bits per heavy atom. The summed E-state index contributed by atoms with van der Waals surface area (Å²) < 4.78 is 0. The lowest BCUT2D eigenvalue weighted by molar-refractivity contribution is -0.385. The number of nitro groups is 1. The maximum Gasteiger partial charge on any atom is 0.272 e. The van der Waals surface area contributed by atoms with Gasteiger partial charge in [-0.25, -0.2) is 0 Å². The van der Waals surface area contributed by atoms with Gasteiger partial charge in [-0.1, -0.05) is 12.1 Å². The van der Waals surface area contributed by atoms with Crippen LogP contribution in [0.15, 0.2) is 18.2 Å². The number of hydrogen-bond donors (Lipinski definition) is 1. The zero-order valence-electron chi connectivity index (χ0n) is 11.2. The molecule has 0 bridgehead atoms. The molecule has 5 nitrogen and oxygen atoms in total. The predicted octanol–water partition coefficient (Wildman–Crippen LogP) is 2.78. The molecule has 1 aromatic carbocycles. The van der Waals surface area contributed by atoms with Crippen LogP contribution in [0.2, 0.25) is 0 Å². The zero-order chi connectivity index (χ0) is 14.6. The van der Waals surface area contributed by atoms with Gasteiger partial charge in [0.25, 0.3) is 5.69 Å². The first-order valence-corrected chi connectivity index (χ1v) is 6.40. The molecular weight excluding hydrogens is 268 g/mol. The molecule has 6 heteroatoms. The highest BCUT2D eigenvalue weighted by Gasteiger charge is 2.26. The van der Waals surface area contributed by atoms with E-state index in [2.05, 4.69) is 5.32 Å². The normalized spacial score (nSPS) is 11.2. The van der Waals surface area contributed by atoms with E-state index in [1.54, 1.807) is 32.9 Å². The summed E-state index contributed by atoms with van der Waals surface area (Å²) in [5.74, 6) is 0.0423. The van der Waals surface area contributed by atoms with Crippen LogP contribution in [0.4, 0.5) is 5.69 Å². The van der Waals surface area contributed by atoms with Gasteiger partial charge in [0.1, 0.15) is 0 Å². The third kappa shape index (κ3) is 3.67. The van der Waals surface area contributed by atoms with Crippen molar-refractivity contribution >= 4 is 23.2 Å². The summed E-state index contributed by atoms with van der Waals surface area (Å²) in [6.07, 6.45) is 0. The molecule has 104 valence electrons. The second kappa shape index (κ2) is 6.02. The summed E-state index contributed by atoms with van der Waals surface area (Å²) in [4.78, 5) is 22.3. The average Bonchev–Trinajstić information content (AvgIpc) is 2.36. The Bertz CT molecular complexity index is 501. The standard InChI is InChI=1S/C13H17ClN2O3/c1-9-10(5-4-6-11(9)16(18)19)7-15-12(17)13(2,3)8-14/h4-6H,7-8H2,1-3H3,(H,15,17). The van der Waals surface area contributed by atoms with Crippen LogP contribution in [0.5, 0.6) is 0 Å². The van der Waals surface area contributed by atoms with Crippen LogP contribution in [-0.2, 0) is 11.3 Å². The number of hydrogen-bond acceptors (Lipinski definition) is 3. The number of amides is 1. The van der Waals surface area contributed by atoms with Crippen LogP contribution in [-0.4, -0.2) is 16.7 Å². The largest absolute Gasteiger partial charge is 0.352 e. The van der Waals surface area contributed by atoms with Gasteiger partial charge in [-0.2, -0.15) is 0 Å². The smallest absolute Gasteiger partial charge is 0.272 e. The second-order valence-corrected chi connectivity index (χ2v) is 5.29. The van der Waals surface area contributed by atoms with Crippen molar-refractivity contribution in [2.24, 2.45) is 5.41 Å². The lowest BCUT2D eigenvalue weighted by Gasteiger charge is -2.20. The lowest BCUT2D eigenvalue weighted by Crippen LogP contribution is -2.37. The fourth-order valence-corrected chi connectivity index (χ4v) is 1.66. The van der Waals surface area contributed by atoms with Crippen LogP contribution in [0.1, 0.15) is 25.0 Å². The molecule has 1 rings (SSSR count). The Balaban J connectivity index is 2.82. The Kier molecular flexibility index (Phi) is 4.89. The van der Waals surface area contributed by atoms with Gasteiger partial charge >= 0.3 is 0 Å². The van der Waals surface area contributed by atoms with E-state index >= 15 is 0 Å². The molecule has 0 aliphatic heterocycles. The number of nitrogens with one attached hydrogen (secondary N) is 1. The third-order valence-electron chi connectivity index (χ3n) is 3.00. The Morgan fingerprint density at radius 2 is 2.11 bits per heavy atom. The monoisotopic (exact) mass is 284 g/mol. The number of halogens is 1. The molecule has 0 spiro atoms. The van der Waals surface area contributed by atoms with Crippen molar-refractivity contribution in [1.82, 2.24) is 5.32 Å². The van der Waals surface area contributed by atoms with E-state index in [-0.39, 0.29) is 24.0 Å². The maximum absolute atomic E-state index is 11.9. The molecule has 0 aliphatic carbocycles. The molecule has 0 saturated heterocycles. The van der Waals surface area contributed by atoms with Gasteiger partial charge in [0.05, 0.1) is 10.3 Å². The van der Waals surface area contributed by atoms with Crippen LogP contribution >= 0.6 is 11.6 Å². The van der Waals surface area contributed by atoms with Gasteiger partial charge in [0, 0.05) is 24.1 Å². The van der Waals surface area contributed by atoms with Gasteiger partial charge in [-0.15, -0.1) is 11.6 Å². The van der Waals surface area contributed by atoms with E-state index in [4.69, 9.17) is 11.6 Å². The molecule has 1 aromatic rings. The van der Waals surface area contributed by atoms with Crippen LogP contribution in [0, 0.1) is 22.5 Å². The Labute approximate surface area is 117 Å². The molecule has 0 unspecified atom stereocenters. The number of benzene rings is 1. The highest BCUT2D eigenvalue weighted by atomic mass is 35.5. The summed E-state index contributed by atoms with van der Waals surface area (Å²) >= 11 is 5.72. The molecule has 0 fully saturated rings. The SMILES string of the molecule is Cc1c(CNC(=O)C(C)(C)CCl)cccc1[N+](=O)[O-]. The summed E-state index contributed by atoms with van der Waals surface area (Å²) in [6.45, 7) is 5.42. The second-order valence-electron chi connectivity index (χ2n) is 5.02. The summed E-state index contributed by atoms with van der Waals surface area (Å²) in [5.41, 5.74) is 0.698. The lowest BCUT2D eigenvalue weighted by atomic mass is 9.95. The van der Waals surface area contributed by atoms with Crippen LogP contribution in [0.25, 0.3) is 0 Å².